The van der Waals surface area contributed by atoms with Gasteiger partial charge in [-0.25, -0.2) is 0 Å². The summed E-state index contributed by atoms with van der Waals surface area (Å²) in [7, 11) is 0.119. The van der Waals surface area contributed by atoms with E-state index in [4.69, 9.17) is 5.73 Å². The molecule has 0 aromatic rings. The summed E-state index contributed by atoms with van der Waals surface area (Å²) in [6.45, 7) is 0. The number of amides is 1. The third-order valence-electron chi connectivity index (χ3n) is 1.04. The monoisotopic (exact) mass is 212 g/mol. The van der Waals surface area contributed by atoms with E-state index in [0.29, 0.717) is 12.3 Å². The van der Waals surface area contributed by atoms with Crippen molar-refractivity contribution in [2.24, 2.45) is 5.73 Å². The fourth-order valence-corrected chi connectivity index (χ4v) is 3.06. The summed E-state index contributed by atoms with van der Waals surface area (Å²) >= 11 is 3.90. The van der Waals surface area contributed by atoms with Crippen molar-refractivity contribution in [2.45, 2.75) is 6.42 Å². The standard InChI is InChI=1S/C5H10NO2PS2/c6-5(7)1-2-9(8)3-4-11-10/h1-4H2,(H2-,6,7,10)/p+1. The fraction of sp³-hybridized carbons (Fsp3) is 0.800. The van der Waals surface area contributed by atoms with Crippen LogP contribution < -0.4 is 5.73 Å². The van der Waals surface area contributed by atoms with Crippen molar-refractivity contribution < 1.29 is 9.36 Å². The van der Waals surface area contributed by atoms with Crippen LogP contribution in [0.1, 0.15) is 6.42 Å². The molecule has 0 saturated carbocycles. The molecule has 0 bridgehead atoms. The molecule has 0 heterocycles. The molecule has 1 atom stereocenters. The zero-order valence-electron chi connectivity index (χ0n) is 6.02. The molecule has 0 fully saturated rings. The summed E-state index contributed by atoms with van der Waals surface area (Å²) in [4.78, 5) is 10.3. The van der Waals surface area contributed by atoms with E-state index in [1.165, 1.54) is 10.8 Å². The largest absolute Gasteiger partial charge is 0.370 e. The Morgan fingerprint density at radius 1 is 1.55 bits per heavy atom. The van der Waals surface area contributed by atoms with Gasteiger partial charge in [-0.05, 0) is 0 Å². The second-order valence-electron chi connectivity index (χ2n) is 1.98. The lowest BCUT2D eigenvalue weighted by atomic mass is 10.5. The predicted octanol–water partition coefficient (Wildman–Crippen LogP) is 1.27. The molecule has 0 aliphatic heterocycles. The number of rotatable bonds is 6. The summed E-state index contributed by atoms with van der Waals surface area (Å²) in [5.41, 5.74) is 4.88. The topological polar surface area (TPSA) is 60.2 Å². The van der Waals surface area contributed by atoms with Gasteiger partial charge in [0.15, 0.2) is 12.3 Å². The predicted molar refractivity (Wildman–Crippen MR) is 52.6 cm³/mol. The Labute approximate surface area is 76.1 Å². The first-order valence-corrected chi connectivity index (χ1v) is 6.80. The van der Waals surface area contributed by atoms with Crippen LogP contribution in [-0.2, 0) is 9.36 Å². The number of primary amides is 1. The highest BCUT2D eigenvalue weighted by molar-refractivity contribution is 8.68. The molecule has 0 aliphatic rings. The van der Waals surface area contributed by atoms with Crippen molar-refractivity contribution in [1.29, 1.82) is 0 Å². The molecule has 1 unspecified atom stereocenters. The summed E-state index contributed by atoms with van der Waals surface area (Å²) in [6, 6.07) is 0. The quantitative estimate of drug-likeness (QED) is 0.396. The van der Waals surface area contributed by atoms with Crippen LogP contribution in [0, 0.1) is 0 Å². The van der Waals surface area contributed by atoms with Crippen LogP contribution in [0.3, 0.4) is 0 Å². The van der Waals surface area contributed by atoms with Crippen LogP contribution in [0.15, 0.2) is 0 Å². The molecule has 64 valence electrons. The van der Waals surface area contributed by atoms with Crippen LogP contribution in [0.5, 0.6) is 0 Å². The highest BCUT2D eigenvalue weighted by Gasteiger charge is 2.14. The molecule has 0 saturated heterocycles. The first-order chi connectivity index (χ1) is 5.16. The summed E-state index contributed by atoms with van der Waals surface area (Å²) < 4.78 is 11.0. The Morgan fingerprint density at radius 2 is 2.18 bits per heavy atom. The molecule has 0 spiro atoms. The Bertz CT molecular complexity index is 153. The zero-order valence-corrected chi connectivity index (χ0v) is 8.63. The summed E-state index contributed by atoms with van der Waals surface area (Å²) in [5, 5.41) is 0. The Hall–Kier alpha value is 0.270. The van der Waals surface area contributed by atoms with E-state index >= 15 is 0 Å². The molecule has 1 amide bonds. The lowest BCUT2D eigenvalue weighted by molar-refractivity contribution is -0.117. The smallest absolute Gasteiger partial charge is 0.340 e. The third-order valence-corrected chi connectivity index (χ3v) is 3.72. The van der Waals surface area contributed by atoms with Gasteiger partial charge in [0, 0.05) is 5.75 Å². The van der Waals surface area contributed by atoms with Gasteiger partial charge in [-0.2, -0.15) is 0 Å². The highest BCUT2D eigenvalue weighted by Crippen LogP contribution is 2.23. The van der Waals surface area contributed by atoms with Crippen molar-refractivity contribution in [3.05, 3.63) is 0 Å². The number of nitrogens with two attached hydrogens (primary N) is 1. The second-order valence-corrected chi connectivity index (χ2v) is 5.28. The van der Waals surface area contributed by atoms with Crippen molar-refractivity contribution in [3.8, 4) is 0 Å². The summed E-state index contributed by atoms with van der Waals surface area (Å²) in [5.74, 6) is 0.378. The molecule has 0 radical (unpaired) electrons. The number of thiol groups is 1. The first-order valence-electron chi connectivity index (χ1n) is 3.13. The van der Waals surface area contributed by atoms with Gasteiger partial charge in [-0.1, -0.05) is 15.4 Å². The SMILES string of the molecule is NC(=O)CC[P+](=O)CCSS. The molecule has 3 nitrogen and oxygen atoms in total. The Morgan fingerprint density at radius 3 is 2.64 bits per heavy atom. The number of carbonyl (C=O) groups excluding carboxylic acids is 1. The molecular weight excluding hydrogens is 201 g/mol. The maximum absolute atomic E-state index is 11.0. The minimum absolute atomic E-state index is 0.229. The first kappa shape index (κ1) is 11.3. The van der Waals surface area contributed by atoms with E-state index in [9.17, 15) is 9.36 Å². The maximum Gasteiger partial charge on any atom is 0.340 e. The lowest BCUT2D eigenvalue weighted by Crippen LogP contribution is -2.11. The molecule has 0 aliphatic carbocycles. The molecule has 11 heavy (non-hydrogen) atoms. The lowest BCUT2D eigenvalue weighted by Gasteiger charge is -1.86. The van der Waals surface area contributed by atoms with Crippen molar-refractivity contribution in [3.63, 3.8) is 0 Å². The van der Waals surface area contributed by atoms with Gasteiger partial charge >= 0.3 is 7.80 Å². The number of hydrogen-bond donors (Lipinski definition) is 2. The average molecular weight is 212 g/mol. The maximum atomic E-state index is 11.0. The van der Waals surface area contributed by atoms with Crippen LogP contribution in [0.25, 0.3) is 0 Å². The number of hydrogen-bond acceptors (Lipinski definition) is 4. The minimum atomic E-state index is -1.24. The van der Waals surface area contributed by atoms with E-state index in [1.807, 2.05) is 0 Å². The van der Waals surface area contributed by atoms with Gasteiger partial charge in [0.1, 0.15) is 0 Å². The van der Waals surface area contributed by atoms with Crippen LogP contribution in [0.4, 0.5) is 0 Å². The van der Waals surface area contributed by atoms with E-state index in [2.05, 4.69) is 11.7 Å². The van der Waals surface area contributed by atoms with Gasteiger partial charge in [0.2, 0.25) is 5.91 Å². The van der Waals surface area contributed by atoms with Crippen LogP contribution in [-0.4, -0.2) is 24.0 Å². The van der Waals surface area contributed by atoms with Crippen LogP contribution >= 0.6 is 30.3 Å². The van der Waals surface area contributed by atoms with Gasteiger partial charge in [-0.15, -0.1) is 11.7 Å². The van der Waals surface area contributed by atoms with Gasteiger partial charge in [0.05, 0.1) is 6.42 Å². The molecule has 0 rings (SSSR count). The van der Waals surface area contributed by atoms with Crippen molar-refractivity contribution in [2.75, 3.05) is 18.1 Å². The molecular formula is C5H11NO2PS2+. The van der Waals surface area contributed by atoms with Crippen molar-refractivity contribution in [1.82, 2.24) is 0 Å². The molecule has 6 heteroatoms. The van der Waals surface area contributed by atoms with E-state index in [0.717, 1.165) is 5.75 Å². The highest BCUT2D eigenvalue weighted by atomic mass is 33.1. The van der Waals surface area contributed by atoms with E-state index < -0.39 is 7.80 Å². The molecule has 0 aromatic heterocycles. The number of carbonyl (C=O) groups is 1. The minimum Gasteiger partial charge on any atom is -0.370 e. The Balaban J connectivity index is 3.30. The molecule has 2 N–H and O–H groups in total. The van der Waals surface area contributed by atoms with Gasteiger partial charge < -0.3 is 5.73 Å². The van der Waals surface area contributed by atoms with Gasteiger partial charge in [-0.3, -0.25) is 4.79 Å². The van der Waals surface area contributed by atoms with Gasteiger partial charge in [0.25, 0.3) is 0 Å². The Kier molecular flexibility index (Phi) is 7.12. The van der Waals surface area contributed by atoms with Crippen LogP contribution in [0.2, 0.25) is 0 Å². The van der Waals surface area contributed by atoms with E-state index in [1.54, 1.807) is 0 Å². The average Bonchev–Trinajstić information content (AvgIpc) is 1.97. The van der Waals surface area contributed by atoms with E-state index in [-0.39, 0.29) is 12.3 Å². The zero-order chi connectivity index (χ0) is 8.69. The summed E-state index contributed by atoms with van der Waals surface area (Å²) in [6.07, 6.45) is 1.27. The molecule has 0 aromatic carbocycles. The normalized spacial score (nSPS) is 11.2. The second kappa shape index (κ2) is 6.95. The fourth-order valence-electron chi connectivity index (χ4n) is 0.489. The third kappa shape index (κ3) is 8.17. The van der Waals surface area contributed by atoms with Crippen molar-refractivity contribution >= 4 is 36.2 Å².